The summed E-state index contributed by atoms with van der Waals surface area (Å²) in [5, 5.41) is 0. The molecule has 0 aliphatic carbocycles. The summed E-state index contributed by atoms with van der Waals surface area (Å²) < 4.78 is 38.8. The molecule has 0 unspecified atom stereocenters. The van der Waals surface area contributed by atoms with Crippen LogP contribution in [-0.2, 0) is 19.1 Å². The van der Waals surface area contributed by atoms with Gasteiger partial charge in [-0.2, -0.15) is 13.2 Å². The molecule has 28 heavy (non-hydrogen) atoms. The normalized spacial score (nSPS) is 18.4. The van der Waals surface area contributed by atoms with Crippen molar-refractivity contribution in [1.82, 2.24) is 14.9 Å². The molecule has 0 amide bonds. The first-order valence-corrected chi connectivity index (χ1v) is 9.83. The zero-order valence-corrected chi connectivity index (χ0v) is 16.1. The maximum absolute atomic E-state index is 12.9. The van der Waals surface area contributed by atoms with Gasteiger partial charge in [-0.25, -0.2) is 4.98 Å². The lowest BCUT2D eigenvalue weighted by atomic mass is 9.89. The fourth-order valence-electron chi connectivity index (χ4n) is 3.70. The number of nitrogens with one attached hydrogen (secondary N) is 1. The van der Waals surface area contributed by atoms with Crippen LogP contribution >= 0.6 is 0 Å². The number of piperidine rings is 1. The van der Waals surface area contributed by atoms with Crippen molar-refractivity contribution in [2.24, 2.45) is 5.92 Å². The van der Waals surface area contributed by atoms with Crippen LogP contribution in [0.5, 0.6) is 0 Å². The topological polar surface area (TPSA) is 49.0 Å². The number of rotatable bonds is 7. The van der Waals surface area contributed by atoms with Crippen molar-refractivity contribution in [3.63, 3.8) is 0 Å². The number of alkyl halides is 3. The summed E-state index contributed by atoms with van der Waals surface area (Å²) in [5.41, 5.74) is 0.381. The summed E-state index contributed by atoms with van der Waals surface area (Å²) in [6, 6.07) is 4.75. The van der Waals surface area contributed by atoms with Crippen molar-refractivity contribution >= 4 is 5.78 Å². The summed E-state index contributed by atoms with van der Waals surface area (Å²) in [6.07, 6.45) is 2.08. The summed E-state index contributed by atoms with van der Waals surface area (Å²) in [7, 11) is 0. The van der Waals surface area contributed by atoms with E-state index in [0.29, 0.717) is 19.5 Å². The fourth-order valence-corrected chi connectivity index (χ4v) is 3.70. The van der Waals surface area contributed by atoms with E-state index in [1.54, 1.807) is 0 Å². The Labute approximate surface area is 163 Å². The second-order valence-corrected chi connectivity index (χ2v) is 7.48. The first-order valence-electron chi connectivity index (χ1n) is 9.83. The van der Waals surface area contributed by atoms with Gasteiger partial charge in [-0.1, -0.05) is 25.5 Å². The molecule has 3 rings (SSSR count). The highest BCUT2D eigenvalue weighted by Crippen LogP contribution is 2.31. The number of aromatic nitrogens is 2. The fraction of sp³-hybridized carbons (Fsp3) is 0.524. The molecule has 152 valence electrons. The molecule has 2 aromatic rings. The van der Waals surface area contributed by atoms with E-state index in [1.807, 2.05) is 6.20 Å². The van der Waals surface area contributed by atoms with E-state index in [0.717, 1.165) is 55.9 Å². The highest BCUT2D eigenvalue weighted by Gasteiger charge is 2.32. The quantitative estimate of drug-likeness (QED) is 0.683. The molecule has 0 radical (unpaired) electrons. The van der Waals surface area contributed by atoms with Crippen molar-refractivity contribution in [2.45, 2.75) is 51.7 Å². The third kappa shape index (κ3) is 5.22. The van der Waals surface area contributed by atoms with Crippen LogP contribution in [0.1, 0.15) is 60.0 Å². The van der Waals surface area contributed by atoms with Gasteiger partial charge in [-0.15, -0.1) is 0 Å². The molecule has 1 saturated heterocycles. The molecule has 1 aliphatic rings. The van der Waals surface area contributed by atoms with Gasteiger partial charge in [0.1, 0.15) is 5.82 Å². The van der Waals surface area contributed by atoms with Gasteiger partial charge < -0.3 is 4.98 Å². The van der Waals surface area contributed by atoms with Gasteiger partial charge in [0.05, 0.1) is 5.56 Å². The number of likely N-dealkylation sites (tertiary alicyclic amines) is 1. The molecule has 0 spiro atoms. The number of aryl methyl sites for hydroxylation is 1. The molecule has 7 heteroatoms. The third-order valence-electron chi connectivity index (χ3n) is 5.19. The first-order chi connectivity index (χ1) is 13.4. The minimum absolute atomic E-state index is 0.144. The van der Waals surface area contributed by atoms with Crippen LogP contribution in [0.4, 0.5) is 13.2 Å². The second-order valence-electron chi connectivity index (χ2n) is 7.48. The smallest absolute Gasteiger partial charge is 0.345 e. The predicted octanol–water partition coefficient (Wildman–Crippen LogP) is 4.87. The molecule has 0 bridgehead atoms. The van der Waals surface area contributed by atoms with Crippen LogP contribution in [0.2, 0.25) is 0 Å². The number of imidazole rings is 1. The number of hydrogen-bond donors (Lipinski definition) is 1. The number of nitrogens with zero attached hydrogens (tertiary/aromatic N) is 2. The van der Waals surface area contributed by atoms with Crippen LogP contribution in [0.25, 0.3) is 0 Å². The van der Waals surface area contributed by atoms with Crippen molar-refractivity contribution < 1.29 is 18.0 Å². The largest absolute Gasteiger partial charge is 0.416 e. The maximum Gasteiger partial charge on any atom is 0.416 e. The number of hydrogen-bond acceptors (Lipinski definition) is 3. The minimum atomic E-state index is -4.44. The summed E-state index contributed by atoms with van der Waals surface area (Å²) >= 11 is 0. The standard InChI is InChI=1S/C21H26F3N3O/c1-2-3-9-19-25-12-18(26-19)14-27-10-5-7-16(13-27)20(28)15-6-4-8-17(11-15)21(22,23)24/h4,6,8,11-12,16H,2-3,5,7,9-10,13-14H2,1H3,(H,25,26)/t16-/m1/s1. The minimum Gasteiger partial charge on any atom is -0.345 e. The van der Waals surface area contributed by atoms with Crippen molar-refractivity contribution in [1.29, 1.82) is 0 Å². The van der Waals surface area contributed by atoms with Crippen molar-refractivity contribution in [2.75, 3.05) is 13.1 Å². The van der Waals surface area contributed by atoms with Gasteiger partial charge in [-0.05, 0) is 37.9 Å². The highest BCUT2D eigenvalue weighted by atomic mass is 19.4. The van der Waals surface area contributed by atoms with Crippen LogP contribution in [0.15, 0.2) is 30.5 Å². The molecule has 1 fully saturated rings. The summed E-state index contributed by atoms with van der Waals surface area (Å²) in [6.45, 7) is 4.23. The number of Topliss-reactive ketones (excluding diaryl/α,β-unsaturated/α-hetero) is 1. The monoisotopic (exact) mass is 393 g/mol. The molecule has 1 atom stereocenters. The lowest BCUT2D eigenvalue weighted by molar-refractivity contribution is -0.137. The van der Waals surface area contributed by atoms with Gasteiger partial charge in [0.25, 0.3) is 0 Å². The molecule has 1 aromatic heterocycles. The van der Waals surface area contributed by atoms with Crippen LogP contribution in [0.3, 0.4) is 0 Å². The molecule has 1 aromatic carbocycles. The molecule has 4 nitrogen and oxygen atoms in total. The van der Waals surface area contributed by atoms with Gasteiger partial charge in [-0.3, -0.25) is 9.69 Å². The Morgan fingerprint density at radius 3 is 2.93 bits per heavy atom. The lowest BCUT2D eigenvalue weighted by Gasteiger charge is -2.31. The Balaban J connectivity index is 1.63. The predicted molar refractivity (Wildman–Crippen MR) is 101 cm³/mol. The number of unbranched alkanes of at least 4 members (excludes halogenated alkanes) is 1. The summed E-state index contributed by atoms with van der Waals surface area (Å²) in [5.74, 6) is 0.495. The van der Waals surface area contributed by atoms with E-state index in [1.165, 1.54) is 12.1 Å². The van der Waals surface area contributed by atoms with Gasteiger partial charge in [0, 0.05) is 42.9 Å². The van der Waals surface area contributed by atoms with E-state index in [9.17, 15) is 18.0 Å². The Morgan fingerprint density at radius 2 is 2.18 bits per heavy atom. The molecule has 1 aliphatic heterocycles. The van der Waals surface area contributed by atoms with Crippen LogP contribution in [-0.4, -0.2) is 33.7 Å². The number of ketones is 1. The van der Waals surface area contributed by atoms with E-state index in [4.69, 9.17) is 0 Å². The van der Waals surface area contributed by atoms with Crippen LogP contribution in [0, 0.1) is 5.92 Å². The maximum atomic E-state index is 12.9. The Hall–Kier alpha value is -2.15. The second kappa shape index (κ2) is 8.90. The van der Waals surface area contributed by atoms with Crippen LogP contribution < -0.4 is 0 Å². The number of aromatic amines is 1. The molecule has 2 heterocycles. The van der Waals surface area contributed by atoms with Gasteiger partial charge >= 0.3 is 6.18 Å². The number of benzene rings is 1. The van der Waals surface area contributed by atoms with Crippen molar-refractivity contribution in [3.8, 4) is 0 Å². The Morgan fingerprint density at radius 1 is 1.36 bits per heavy atom. The average Bonchev–Trinajstić information content (AvgIpc) is 3.12. The Kier molecular flexibility index (Phi) is 6.54. The highest BCUT2D eigenvalue weighted by molar-refractivity contribution is 5.98. The van der Waals surface area contributed by atoms with E-state index in [-0.39, 0.29) is 17.3 Å². The van der Waals surface area contributed by atoms with E-state index < -0.39 is 11.7 Å². The van der Waals surface area contributed by atoms with Crippen molar-refractivity contribution in [3.05, 3.63) is 53.1 Å². The number of carbonyl (C=O) groups excluding carboxylic acids is 1. The Bertz CT molecular complexity index is 800. The molecule has 1 N–H and O–H groups in total. The molecular weight excluding hydrogens is 367 g/mol. The number of H-pyrrole nitrogens is 1. The zero-order valence-electron chi connectivity index (χ0n) is 16.1. The molecular formula is C21H26F3N3O. The number of halogens is 3. The lowest BCUT2D eigenvalue weighted by Crippen LogP contribution is -2.38. The van der Waals surface area contributed by atoms with E-state index >= 15 is 0 Å². The third-order valence-corrected chi connectivity index (χ3v) is 5.19. The van der Waals surface area contributed by atoms with Gasteiger partial charge in [0.15, 0.2) is 5.78 Å². The van der Waals surface area contributed by atoms with E-state index in [2.05, 4.69) is 21.8 Å². The average molecular weight is 393 g/mol. The summed E-state index contributed by atoms with van der Waals surface area (Å²) in [4.78, 5) is 22.7. The number of carbonyl (C=O) groups is 1. The SMILES string of the molecule is CCCCc1ncc(CN2CCC[C@@H](C(=O)c3cccc(C(F)(F)F)c3)C2)[nH]1. The van der Waals surface area contributed by atoms with Gasteiger partial charge in [0.2, 0.25) is 0 Å². The first kappa shape index (κ1) is 20.6. The zero-order chi connectivity index (χ0) is 20.1. The molecule has 0 saturated carbocycles.